The van der Waals surface area contributed by atoms with Crippen LogP contribution in [0.25, 0.3) is 11.3 Å². The van der Waals surface area contributed by atoms with Gasteiger partial charge in [-0.3, -0.25) is 14.6 Å². The lowest BCUT2D eigenvalue weighted by Gasteiger charge is -2.48. The Morgan fingerprint density at radius 1 is 1.00 bits per heavy atom. The molecule has 276 valence electrons. The normalized spacial score (nSPS) is 16.4. The first-order valence-corrected chi connectivity index (χ1v) is 15.2. The van der Waals surface area contributed by atoms with Gasteiger partial charge in [0.1, 0.15) is 30.0 Å². The Labute approximate surface area is 291 Å². The molecule has 2 heterocycles. The number of benzene rings is 2. The number of amides is 2. The number of likely N-dealkylation sites (N-methyl/N-ethyl adjacent to an activating group) is 2. The molecule has 1 aliphatic carbocycles. The lowest BCUT2D eigenvalue weighted by Crippen LogP contribution is -2.62. The van der Waals surface area contributed by atoms with Gasteiger partial charge in [-0.15, -0.1) is 12.4 Å². The van der Waals surface area contributed by atoms with E-state index in [1.165, 1.54) is 24.2 Å². The Balaban J connectivity index is 0.00000583. The fourth-order valence-corrected chi connectivity index (χ4v) is 6.00. The molecule has 0 saturated heterocycles. The fraction of sp³-hybridized carbons (Fsp3) is 0.375. The monoisotopic (exact) mass is 750 g/mol. The number of aliphatic hydroxyl groups excluding tert-OH is 1. The molecule has 19 heteroatoms. The van der Waals surface area contributed by atoms with E-state index in [1.807, 2.05) is 0 Å². The highest BCUT2D eigenvalue weighted by molar-refractivity contribution is 6.24. The number of aromatic nitrogens is 2. The van der Waals surface area contributed by atoms with Crippen LogP contribution in [-0.2, 0) is 28.5 Å². The Hall–Kier alpha value is -4.55. The predicted octanol–water partition coefficient (Wildman–Crippen LogP) is 6.43. The van der Waals surface area contributed by atoms with Crippen molar-refractivity contribution in [2.45, 2.75) is 50.1 Å². The quantitative estimate of drug-likeness (QED) is 0.130. The van der Waals surface area contributed by atoms with E-state index in [2.05, 4.69) is 20.6 Å². The lowest BCUT2D eigenvalue weighted by molar-refractivity contribution is -0.163. The number of hydrogen-bond acceptors (Lipinski definition) is 8. The van der Waals surface area contributed by atoms with Gasteiger partial charge in [-0.2, -0.15) is 30.7 Å². The number of hydrogen-bond donors (Lipinski definition) is 3. The minimum atomic E-state index is -4.98. The SMILES string of the molecule is CNCCOc1ccc(CN2C(=O)C(C(=O)Nc3ccc(C(F)(F)F)cc3-c3cc(C(F)(F)F)ncn3)=C(O)C3(CCCC3)N2C)c(F)c1F.Cl. The van der Waals surface area contributed by atoms with E-state index in [9.17, 15) is 45.4 Å². The summed E-state index contributed by atoms with van der Waals surface area (Å²) in [4.78, 5) is 34.5. The van der Waals surface area contributed by atoms with Crippen LogP contribution in [-0.4, -0.2) is 69.7 Å². The van der Waals surface area contributed by atoms with Crippen molar-refractivity contribution in [3.8, 4) is 17.0 Å². The zero-order valence-corrected chi connectivity index (χ0v) is 27.7. The van der Waals surface area contributed by atoms with Crippen LogP contribution >= 0.6 is 12.4 Å². The number of ether oxygens (including phenoxy) is 1. The van der Waals surface area contributed by atoms with Crippen molar-refractivity contribution >= 4 is 29.9 Å². The third kappa shape index (κ3) is 7.72. The Morgan fingerprint density at radius 2 is 1.69 bits per heavy atom. The van der Waals surface area contributed by atoms with E-state index in [-0.39, 0.29) is 43.2 Å². The minimum absolute atomic E-state index is 0. The first-order chi connectivity index (χ1) is 23.5. The van der Waals surface area contributed by atoms with Gasteiger partial charge in [0.15, 0.2) is 11.6 Å². The molecule has 2 aromatic carbocycles. The number of anilines is 1. The van der Waals surface area contributed by atoms with Gasteiger partial charge in [0.2, 0.25) is 5.82 Å². The molecule has 51 heavy (non-hydrogen) atoms. The summed E-state index contributed by atoms with van der Waals surface area (Å²) in [5.41, 5.74) is -6.94. The van der Waals surface area contributed by atoms with Crippen molar-refractivity contribution in [3.63, 3.8) is 0 Å². The number of carbonyl (C=O) groups is 2. The van der Waals surface area contributed by atoms with Gasteiger partial charge in [0.25, 0.3) is 11.8 Å². The number of carbonyl (C=O) groups excluding carboxylic acids is 2. The van der Waals surface area contributed by atoms with Crippen LogP contribution < -0.4 is 15.4 Å². The maximum atomic E-state index is 15.3. The molecule has 5 rings (SSSR count). The van der Waals surface area contributed by atoms with Gasteiger partial charge >= 0.3 is 12.4 Å². The third-order valence-corrected chi connectivity index (χ3v) is 8.65. The van der Waals surface area contributed by atoms with Crippen molar-refractivity contribution in [2.75, 3.05) is 32.6 Å². The summed E-state index contributed by atoms with van der Waals surface area (Å²) in [6.07, 6.45) is -7.88. The van der Waals surface area contributed by atoms with Crippen molar-refractivity contribution in [1.82, 2.24) is 25.3 Å². The van der Waals surface area contributed by atoms with Crippen molar-refractivity contribution in [2.24, 2.45) is 0 Å². The van der Waals surface area contributed by atoms with E-state index in [4.69, 9.17) is 4.74 Å². The Bertz CT molecular complexity index is 1830. The van der Waals surface area contributed by atoms with Crippen LogP contribution in [0.3, 0.4) is 0 Å². The molecular weight excluding hydrogens is 720 g/mol. The van der Waals surface area contributed by atoms with Crippen molar-refractivity contribution in [3.05, 3.63) is 82.5 Å². The Kier molecular flexibility index (Phi) is 11.5. The first kappa shape index (κ1) is 39.2. The van der Waals surface area contributed by atoms with E-state index in [0.717, 1.165) is 11.1 Å². The van der Waals surface area contributed by atoms with E-state index in [0.29, 0.717) is 43.9 Å². The zero-order valence-electron chi connectivity index (χ0n) is 26.9. The lowest BCUT2D eigenvalue weighted by atomic mass is 9.88. The van der Waals surface area contributed by atoms with Gasteiger partial charge in [-0.05, 0) is 50.2 Å². The van der Waals surface area contributed by atoms with Crippen LogP contribution in [0.4, 0.5) is 40.8 Å². The fourth-order valence-electron chi connectivity index (χ4n) is 6.00. The van der Waals surface area contributed by atoms with Crippen LogP contribution in [0.15, 0.2) is 54.1 Å². The summed E-state index contributed by atoms with van der Waals surface area (Å²) in [7, 11) is 3.07. The van der Waals surface area contributed by atoms with Gasteiger partial charge in [0.05, 0.1) is 29.0 Å². The first-order valence-electron chi connectivity index (χ1n) is 15.2. The van der Waals surface area contributed by atoms with Gasteiger partial charge in [0, 0.05) is 24.7 Å². The van der Waals surface area contributed by atoms with Crippen LogP contribution in [0.1, 0.15) is 42.5 Å². The molecule has 0 unspecified atom stereocenters. The van der Waals surface area contributed by atoms with E-state index >= 15 is 4.39 Å². The molecule has 3 aromatic rings. The third-order valence-electron chi connectivity index (χ3n) is 8.65. The summed E-state index contributed by atoms with van der Waals surface area (Å²) < 4.78 is 117. The highest BCUT2D eigenvalue weighted by Crippen LogP contribution is 2.45. The molecule has 10 nitrogen and oxygen atoms in total. The summed E-state index contributed by atoms with van der Waals surface area (Å²) in [5, 5.41) is 18.8. The second-order valence-corrected chi connectivity index (χ2v) is 11.7. The maximum absolute atomic E-state index is 15.3. The average molecular weight is 751 g/mol. The maximum Gasteiger partial charge on any atom is 0.433 e. The van der Waals surface area contributed by atoms with E-state index in [1.54, 1.807) is 7.05 Å². The molecule has 2 amide bonds. The molecule has 1 aliphatic heterocycles. The number of aliphatic hydroxyl groups is 1. The number of alkyl halides is 6. The highest BCUT2D eigenvalue weighted by atomic mass is 35.5. The summed E-state index contributed by atoms with van der Waals surface area (Å²) in [6, 6.07) is 4.56. The second-order valence-electron chi connectivity index (χ2n) is 11.7. The molecule has 3 N–H and O–H groups in total. The largest absolute Gasteiger partial charge is 0.509 e. The zero-order chi connectivity index (χ0) is 36.6. The number of nitrogens with one attached hydrogen (secondary N) is 2. The van der Waals surface area contributed by atoms with Crippen molar-refractivity contribution in [1.29, 1.82) is 0 Å². The van der Waals surface area contributed by atoms with Crippen LogP contribution in [0.2, 0.25) is 0 Å². The number of hydrazine groups is 1. The smallest absolute Gasteiger partial charge is 0.433 e. The molecule has 0 bridgehead atoms. The number of nitrogens with zero attached hydrogens (tertiary/aromatic N) is 4. The van der Waals surface area contributed by atoms with Gasteiger partial charge in [-0.25, -0.2) is 19.4 Å². The van der Waals surface area contributed by atoms with Crippen LogP contribution in [0.5, 0.6) is 5.75 Å². The topological polar surface area (TPSA) is 120 Å². The molecular formula is C32H31ClF8N6O4. The molecule has 2 aliphatic rings. The van der Waals surface area contributed by atoms with Gasteiger partial charge < -0.3 is 20.5 Å². The molecule has 1 aromatic heterocycles. The second kappa shape index (κ2) is 15.0. The van der Waals surface area contributed by atoms with Crippen LogP contribution in [0, 0.1) is 11.6 Å². The summed E-state index contributed by atoms with van der Waals surface area (Å²) in [6.45, 7) is -0.223. The molecule has 0 atom stereocenters. The molecule has 0 radical (unpaired) electrons. The van der Waals surface area contributed by atoms with Crippen molar-refractivity contribution < 1.29 is 54.6 Å². The molecule has 1 saturated carbocycles. The van der Waals surface area contributed by atoms with E-state index < -0.39 is 87.4 Å². The number of halogens is 9. The average Bonchev–Trinajstić information content (AvgIpc) is 3.56. The summed E-state index contributed by atoms with van der Waals surface area (Å²) in [5.74, 6) is -6.15. The minimum Gasteiger partial charge on any atom is -0.509 e. The number of rotatable bonds is 9. The highest BCUT2D eigenvalue weighted by Gasteiger charge is 2.53. The molecule has 1 spiro atoms. The molecule has 1 fully saturated rings. The summed E-state index contributed by atoms with van der Waals surface area (Å²) >= 11 is 0. The Morgan fingerprint density at radius 3 is 2.31 bits per heavy atom. The van der Waals surface area contributed by atoms with Gasteiger partial charge in [-0.1, -0.05) is 18.9 Å². The predicted molar refractivity (Wildman–Crippen MR) is 168 cm³/mol. The standard InChI is InChI=1S/C32H30F8N6O4.ClH/c1-41-11-12-50-22-8-5-17(25(33)26(22)34)15-46-29(49)24(27(47)30(45(46)2)9-3-4-10-30)28(48)44-20-7-6-18(31(35,36)37)13-19(20)21-14-23(32(38,39)40)43-16-42-21;/h5-8,13-14,16,41,47H,3-4,9-12,15H2,1-2H3,(H,44,48);1H.